The molecule has 7 heteroatoms. The number of urea groups is 1. The first-order chi connectivity index (χ1) is 9.60. The molecule has 0 fully saturated rings. The van der Waals surface area contributed by atoms with Gasteiger partial charge in [0.1, 0.15) is 5.00 Å². The average Bonchev–Trinajstić information content (AvgIpc) is 2.79. The van der Waals surface area contributed by atoms with Crippen LogP contribution in [0.4, 0.5) is 15.5 Å². The molecule has 6 nitrogen and oxygen atoms in total. The van der Waals surface area contributed by atoms with E-state index in [9.17, 15) is 9.59 Å². The summed E-state index contributed by atoms with van der Waals surface area (Å²) < 4.78 is 4.68. The van der Waals surface area contributed by atoms with Gasteiger partial charge in [0.05, 0.1) is 24.6 Å². The molecule has 2 N–H and O–H groups in total. The van der Waals surface area contributed by atoms with Gasteiger partial charge in [-0.15, -0.1) is 11.3 Å². The van der Waals surface area contributed by atoms with Gasteiger partial charge in [-0.05, 0) is 25.1 Å². The summed E-state index contributed by atoms with van der Waals surface area (Å²) in [6, 6.07) is 4.67. The maximum atomic E-state index is 11.9. The fraction of sp³-hybridized carbons (Fsp3) is 0.154. The number of methoxy groups -OCH3 is 1. The van der Waals surface area contributed by atoms with Gasteiger partial charge in [0.25, 0.3) is 0 Å². The molecule has 2 amide bonds. The number of aryl methyl sites for hydroxylation is 1. The maximum Gasteiger partial charge on any atom is 0.340 e. The van der Waals surface area contributed by atoms with E-state index in [2.05, 4.69) is 20.4 Å². The Hall–Kier alpha value is -2.41. The Morgan fingerprint density at radius 2 is 2.15 bits per heavy atom. The molecule has 2 aromatic heterocycles. The molecule has 0 radical (unpaired) electrons. The van der Waals surface area contributed by atoms with Crippen molar-refractivity contribution in [3.8, 4) is 0 Å². The summed E-state index contributed by atoms with van der Waals surface area (Å²) in [5.74, 6) is -0.481. The summed E-state index contributed by atoms with van der Waals surface area (Å²) in [5, 5.41) is 5.72. The molecule has 0 aliphatic carbocycles. The zero-order valence-corrected chi connectivity index (χ0v) is 11.8. The van der Waals surface area contributed by atoms with Crippen molar-refractivity contribution in [3.63, 3.8) is 0 Å². The first kappa shape index (κ1) is 14.0. The van der Waals surface area contributed by atoms with E-state index >= 15 is 0 Å². The van der Waals surface area contributed by atoms with E-state index < -0.39 is 12.0 Å². The predicted octanol–water partition coefficient (Wildman–Crippen LogP) is 2.88. The number of hydrogen-bond donors (Lipinski definition) is 2. The van der Waals surface area contributed by atoms with Crippen molar-refractivity contribution < 1.29 is 14.3 Å². The van der Waals surface area contributed by atoms with Gasteiger partial charge in [-0.25, -0.2) is 9.59 Å². The van der Waals surface area contributed by atoms with Crippen LogP contribution in [0.15, 0.2) is 30.6 Å². The van der Waals surface area contributed by atoms with Gasteiger partial charge in [-0.2, -0.15) is 0 Å². The summed E-state index contributed by atoms with van der Waals surface area (Å²) in [6.07, 6.45) is 3.14. The summed E-state index contributed by atoms with van der Waals surface area (Å²) in [7, 11) is 1.30. The molecule has 0 saturated heterocycles. The van der Waals surface area contributed by atoms with Crippen molar-refractivity contribution in [3.05, 3.63) is 41.0 Å². The monoisotopic (exact) mass is 291 g/mol. The molecule has 2 rings (SSSR count). The smallest absolute Gasteiger partial charge is 0.340 e. The van der Waals surface area contributed by atoms with Gasteiger partial charge in [0, 0.05) is 11.1 Å². The van der Waals surface area contributed by atoms with E-state index in [1.807, 2.05) is 6.92 Å². The quantitative estimate of drug-likeness (QED) is 0.852. The van der Waals surface area contributed by atoms with Crippen LogP contribution < -0.4 is 10.6 Å². The lowest BCUT2D eigenvalue weighted by Crippen LogP contribution is -2.20. The topological polar surface area (TPSA) is 80.3 Å². The Bertz CT molecular complexity index is 625. The van der Waals surface area contributed by atoms with E-state index in [-0.39, 0.29) is 0 Å². The molecule has 2 heterocycles. The van der Waals surface area contributed by atoms with Crippen molar-refractivity contribution in [1.82, 2.24) is 4.98 Å². The minimum atomic E-state index is -0.481. The SMILES string of the molecule is COC(=O)c1cc(C)sc1NC(=O)Nc1cccnc1. The highest BCUT2D eigenvalue weighted by molar-refractivity contribution is 7.16. The molecule has 0 aromatic carbocycles. The Balaban J connectivity index is 2.10. The van der Waals surface area contributed by atoms with Crippen molar-refractivity contribution in [1.29, 1.82) is 0 Å². The summed E-state index contributed by atoms with van der Waals surface area (Å²) in [5.41, 5.74) is 0.911. The number of ether oxygens (including phenoxy) is 1. The largest absolute Gasteiger partial charge is 0.465 e. The number of nitrogens with one attached hydrogen (secondary N) is 2. The lowest BCUT2D eigenvalue weighted by Gasteiger charge is -2.07. The molecular formula is C13H13N3O3S. The van der Waals surface area contributed by atoms with Crippen molar-refractivity contribution in [2.45, 2.75) is 6.92 Å². The number of nitrogens with zero attached hydrogens (tertiary/aromatic N) is 1. The number of esters is 1. The van der Waals surface area contributed by atoms with Crippen LogP contribution in [-0.4, -0.2) is 24.1 Å². The number of hydrogen-bond acceptors (Lipinski definition) is 5. The van der Waals surface area contributed by atoms with Gasteiger partial charge in [0.2, 0.25) is 0 Å². The normalized spacial score (nSPS) is 9.90. The fourth-order valence-electron chi connectivity index (χ4n) is 1.57. The number of carbonyl (C=O) groups excluding carboxylic acids is 2. The molecular weight excluding hydrogens is 278 g/mol. The number of pyridine rings is 1. The summed E-state index contributed by atoms with van der Waals surface area (Å²) in [6.45, 7) is 1.85. The number of carbonyl (C=O) groups is 2. The molecule has 0 aliphatic rings. The van der Waals surface area contributed by atoms with Gasteiger partial charge in [0.15, 0.2) is 0 Å². The first-order valence-electron chi connectivity index (χ1n) is 5.77. The highest BCUT2D eigenvalue weighted by Gasteiger charge is 2.17. The summed E-state index contributed by atoms with van der Waals surface area (Å²) in [4.78, 5) is 28.2. The van der Waals surface area contributed by atoms with E-state index in [0.29, 0.717) is 16.3 Å². The third kappa shape index (κ3) is 3.33. The van der Waals surface area contributed by atoms with Crippen LogP contribution in [0, 0.1) is 6.92 Å². The third-order valence-corrected chi connectivity index (χ3v) is 3.37. The third-order valence-electron chi connectivity index (χ3n) is 2.41. The van der Waals surface area contributed by atoms with Gasteiger partial charge in [-0.1, -0.05) is 0 Å². The predicted molar refractivity (Wildman–Crippen MR) is 77.3 cm³/mol. The van der Waals surface area contributed by atoms with E-state index in [4.69, 9.17) is 0 Å². The second-order valence-electron chi connectivity index (χ2n) is 3.91. The molecule has 0 spiro atoms. The Morgan fingerprint density at radius 1 is 1.35 bits per heavy atom. The van der Waals surface area contributed by atoms with Crippen LogP contribution in [0.3, 0.4) is 0 Å². The second kappa shape index (κ2) is 6.16. The molecule has 20 heavy (non-hydrogen) atoms. The van der Waals surface area contributed by atoms with Crippen LogP contribution >= 0.6 is 11.3 Å². The standard InChI is InChI=1S/C13H13N3O3S/c1-8-6-10(12(17)19-2)11(20-8)16-13(18)15-9-4-3-5-14-7-9/h3-7H,1-2H3,(H2,15,16,18). The van der Waals surface area contributed by atoms with Gasteiger partial charge in [-0.3, -0.25) is 10.3 Å². The van der Waals surface area contributed by atoms with E-state index in [1.54, 1.807) is 24.4 Å². The molecule has 104 valence electrons. The zero-order valence-electron chi connectivity index (χ0n) is 11.0. The van der Waals surface area contributed by atoms with Crippen LogP contribution in [0.2, 0.25) is 0 Å². The molecule has 0 saturated carbocycles. The lowest BCUT2D eigenvalue weighted by molar-refractivity contribution is 0.0602. The molecule has 0 bridgehead atoms. The Kier molecular flexibility index (Phi) is 4.31. The maximum absolute atomic E-state index is 11.9. The highest BCUT2D eigenvalue weighted by Crippen LogP contribution is 2.28. The van der Waals surface area contributed by atoms with Crippen LogP contribution in [-0.2, 0) is 4.74 Å². The second-order valence-corrected chi connectivity index (χ2v) is 5.17. The number of thiophene rings is 1. The lowest BCUT2D eigenvalue weighted by atomic mass is 10.3. The van der Waals surface area contributed by atoms with Crippen molar-refractivity contribution >= 4 is 34.0 Å². The summed E-state index contributed by atoms with van der Waals surface area (Å²) >= 11 is 1.31. The van der Waals surface area contributed by atoms with E-state index in [0.717, 1.165) is 4.88 Å². The number of aromatic nitrogens is 1. The average molecular weight is 291 g/mol. The number of amides is 2. The molecule has 0 aliphatic heterocycles. The highest BCUT2D eigenvalue weighted by atomic mass is 32.1. The zero-order chi connectivity index (χ0) is 14.5. The van der Waals surface area contributed by atoms with Gasteiger partial charge < -0.3 is 10.1 Å². The Labute approximate surface area is 119 Å². The van der Waals surface area contributed by atoms with Crippen LogP contribution in [0.1, 0.15) is 15.2 Å². The minimum absolute atomic E-state index is 0.344. The van der Waals surface area contributed by atoms with Crippen molar-refractivity contribution in [2.75, 3.05) is 17.7 Å². The number of anilines is 2. The Morgan fingerprint density at radius 3 is 2.80 bits per heavy atom. The minimum Gasteiger partial charge on any atom is -0.465 e. The molecule has 0 unspecified atom stereocenters. The molecule has 0 atom stereocenters. The number of rotatable bonds is 3. The van der Waals surface area contributed by atoms with E-state index in [1.165, 1.54) is 24.6 Å². The van der Waals surface area contributed by atoms with Crippen LogP contribution in [0.5, 0.6) is 0 Å². The molecule has 2 aromatic rings. The van der Waals surface area contributed by atoms with Gasteiger partial charge >= 0.3 is 12.0 Å². The van der Waals surface area contributed by atoms with Crippen molar-refractivity contribution in [2.24, 2.45) is 0 Å². The first-order valence-corrected chi connectivity index (χ1v) is 6.58. The fourth-order valence-corrected chi connectivity index (χ4v) is 2.47. The van der Waals surface area contributed by atoms with Crippen LogP contribution in [0.25, 0.3) is 0 Å².